The highest BCUT2D eigenvalue weighted by molar-refractivity contribution is 5.11. The highest BCUT2D eigenvalue weighted by Gasteiger charge is 2.18. The predicted octanol–water partition coefficient (Wildman–Crippen LogP) is 4.71. The third-order valence-electron chi connectivity index (χ3n) is 3.20. The van der Waals surface area contributed by atoms with Gasteiger partial charge < -0.3 is 9.73 Å². The molecule has 1 unspecified atom stereocenters. The first-order chi connectivity index (χ1) is 8.46. The van der Waals surface area contributed by atoms with Crippen molar-refractivity contribution in [1.82, 2.24) is 5.32 Å². The number of furan rings is 1. The van der Waals surface area contributed by atoms with Gasteiger partial charge in [-0.1, -0.05) is 34.6 Å². The maximum Gasteiger partial charge on any atom is 0.121 e. The van der Waals surface area contributed by atoms with E-state index in [1.54, 1.807) is 0 Å². The van der Waals surface area contributed by atoms with Crippen LogP contribution < -0.4 is 5.32 Å². The van der Waals surface area contributed by atoms with Gasteiger partial charge >= 0.3 is 0 Å². The molecule has 104 valence electrons. The molecule has 0 spiro atoms. The van der Waals surface area contributed by atoms with E-state index in [0.29, 0.717) is 11.5 Å². The lowest BCUT2D eigenvalue weighted by Crippen LogP contribution is -2.23. The molecule has 1 N–H and O–H groups in total. The first kappa shape index (κ1) is 15.3. The quantitative estimate of drug-likeness (QED) is 0.759. The summed E-state index contributed by atoms with van der Waals surface area (Å²) in [6.07, 6.45) is 4.48. The average molecular weight is 251 g/mol. The molecule has 0 aliphatic carbocycles. The number of aryl methyl sites for hydroxylation is 1. The molecule has 0 saturated heterocycles. The standard InChI is InChI=1S/C16H29NO/c1-6-12-17-14(10-11-16(3,4)5)15-9-8-13(7-2)18-15/h8-9,14,17H,6-7,10-12H2,1-5H3. The third kappa shape index (κ3) is 5.26. The smallest absolute Gasteiger partial charge is 0.121 e. The van der Waals surface area contributed by atoms with Crippen molar-refractivity contribution < 1.29 is 4.42 Å². The number of rotatable bonds is 7. The normalized spacial score (nSPS) is 13.8. The summed E-state index contributed by atoms with van der Waals surface area (Å²) in [5, 5.41) is 3.60. The van der Waals surface area contributed by atoms with Gasteiger partial charge in [-0.05, 0) is 43.4 Å². The average Bonchev–Trinajstić information content (AvgIpc) is 2.76. The van der Waals surface area contributed by atoms with Crippen LogP contribution in [0.25, 0.3) is 0 Å². The minimum absolute atomic E-state index is 0.365. The summed E-state index contributed by atoms with van der Waals surface area (Å²) in [5.74, 6) is 2.19. The molecule has 1 heterocycles. The molecule has 0 amide bonds. The molecule has 1 rings (SSSR count). The SMILES string of the molecule is CCCNC(CCC(C)(C)C)c1ccc(CC)o1. The largest absolute Gasteiger partial charge is 0.464 e. The van der Waals surface area contributed by atoms with Crippen LogP contribution >= 0.6 is 0 Å². The van der Waals surface area contributed by atoms with Crippen LogP contribution in [0.5, 0.6) is 0 Å². The lowest BCUT2D eigenvalue weighted by Gasteiger charge is -2.23. The molecule has 0 bridgehead atoms. The Kier molecular flexibility index (Phi) is 5.94. The van der Waals surface area contributed by atoms with Crippen molar-refractivity contribution >= 4 is 0 Å². The molecule has 1 atom stereocenters. The summed E-state index contributed by atoms with van der Waals surface area (Å²) < 4.78 is 5.89. The van der Waals surface area contributed by atoms with Crippen LogP contribution in [0.3, 0.4) is 0 Å². The lowest BCUT2D eigenvalue weighted by atomic mass is 9.88. The van der Waals surface area contributed by atoms with Crippen LogP contribution in [0.2, 0.25) is 0 Å². The molecule has 2 nitrogen and oxygen atoms in total. The van der Waals surface area contributed by atoms with Crippen molar-refractivity contribution in [2.45, 2.75) is 66.3 Å². The first-order valence-electron chi connectivity index (χ1n) is 7.28. The van der Waals surface area contributed by atoms with Gasteiger partial charge in [0.1, 0.15) is 11.5 Å². The minimum atomic E-state index is 0.365. The van der Waals surface area contributed by atoms with Gasteiger partial charge in [-0.3, -0.25) is 0 Å². The van der Waals surface area contributed by atoms with E-state index < -0.39 is 0 Å². The Morgan fingerprint density at radius 2 is 1.94 bits per heavy atom. The zero-order chi connectivity index (χ0) is 13.6. The van der Waals surface area contributed by atoms with Crippen molar-refractivity contribution in [2.75, 3.05) is 6.54 Å². The fourth-order valence-corrected chi connectivity index (χ4v) is 2.01. The van der Waals surface area contributed by atoms with Crippen molar-refractivity contribution in [1.29, 1.82) is 0 Å². The summed E-state index contributed by atoms with van der Waals surface area (Å²) >= 11 is 0. The zero-order valence-electron chi connectivity index (χ0n) is 12.7. The van der Waals surface area contributed by atoms with Gasteiger partial charge in [0.2, 0.25) is 0 Å². The molecule has 0 aliphatic rings. The third-order valence-corrected chi connectivity index (χ3v) is 3.20. The lowest BCUT2D eigenvalue weighted by molar-refractivity contribution is 0.307. The summed E-state index contributed by atoms with van der Waals surface area (Å²) in [4.78, 5) is 0. The van der Waals surface area contributed by atoms with Gasteiger partial charge in [0.15, 0.2) is 0 Å². The molecule has 2 heteroatoms. The Labute approximate surface area is 112 Å². The van der Waals surface area contributed by atoms with Gasteiger partial charge in [-0.2, -0.15) is 0 Å². The summed E-state index contributed by atoms with van der Waals surface area (Å²) in [7, 11) is 0. The van der Waals surface area contributed by atoms with E-state index in [1.165, 1.54) is 6.42 Å². The molecular formula is C16H29NO. The Hall–Kier alpha value is -0.760. The van der Waals surface area contributed by atoms with Crippen molar-refractivity contribution in [3.8, 4) is 0 Å². The van der Waals surface area contributed by atoms with E-state index in [2.05, 4.69) is 52.1 Å². The second kappa shape index (κ2) is 6.98. The van der Waals surface area contributed by atoms with Crippen LogP contribution in [0, 0.1) is 5.41 Å². The Morgan fingerprint density at radius 3 is 2.44 bits per heavy atom. The number of nitrogens with one attached hydrogen (secondary N) is 1. The van der Waals surface area contributed by atoms with Gasteiger partial charge in [0, 0.05) is 6.42 Å². The molecule has 18 heavy (non-hydrogen) atoms. The Bertz CT molecular complexity index is 335. The van der Waals surface area contributed by atoms with E-state index in [0.717, 1.165) is 37.3 Å². The van der Waals surface area contributed by atoms with Crippen LogP contribution in [0.4, 0.5) is 0 Å². The molecular weight excluding hydrogens is 222 g/mol. The van der Waals surface area contributed by atoms with Crippen LogP contribution in [-0.4, -0.2) is 6.54 Å². The highest BCUT2D eigenvalue weighted by atomic mass is 16.3. The van der Waals surface area contributed by atoms with E-state index in [-0.39, 0.29) is 0 Å². The summed E-state index contributed by atoms with van der Waals surface area (Å²) in [6.45, 7) is 12.3. The zero-order valence-corrected chi connectivity index (χ0v) is 12.7. The van der Waals surface area contributed by atoms with Gasteiger partial charge in [0.05, 0.1) is 6.04 Å². The summed E-state index contributed by atoms with van der Waals surface area (Å²) in [5.41, 5.74) is 0.381. The Balaban J connectivity index is 2.64. The van der Waals surface area contributed by atoms with Crippen molar-refractivity contribution in [3.63, 3.8) is 0 Å². The van der Waals surface area contributed by atoms with E-state index in [9.17, 15) is 0 Å². The predicted molar refractivity (Wildman–Crippen MR) is 77.8 cm³/mol. The highest BCUT2D eigenvalue weighted by Crippen LogP contribution is 2.28. The fourth-order valence-electron chi connectivity index (χ4n) is 2.01. The van der Waals surface area contributed by atoms with E-state index in [1.807, 2.05) is 0 Å². The minimum Gasteiger partial charge on any atom is -0.464 e. The van der Waals surface area contributed by atoms with Gasteiger partial charge in [-0.15, -0.1) is 0 Å². The maximum absolute atomic E-state index is 5.89. The Morgan fingerprint density at radius 1 is 1.22 bits per heavy atom. The van der Waals surface area contributed by atoms with Gasteiger partial charge in [-0.25, -0.2) is 0 Å². The topological polar surface area (TPSA) is 25.2 Å². The molecule has 0 aromatic carbocycles. The maximum atomic E-state index is 5.89. The number of hydrogen-bond acceptors (Lipinski definition) is 2. The molecule has 1 aromatic rings. The van der Waals surface area contributed by atoms with Crippen molar-refractivity contribution in [3.05, 3.63) is 23.7 Å². The molecule has 0 saturated carbocycles. The van der Waals surface area contributed by atoms with Crippen LogP contribution in [0.15, 0.2) is 16.5 Å². The molecule has 1 aromatic heterocycles. The van der Waals surface area contributed by atoms with Crippen LogP contribution in [0.1, 0.15) is 71.4 Å². The van der Waals surface area contributed by atoms with E-state index in [4.69, 9.17) is 4.42 Å². The summed E-state index contributed by atoms with van der Waals surface area (Å²) in [6, 6.07) is 4.60. The second-order valence-corrected chi connectivity index (χ2v) is 6.26. The van der Waals surface area contributed by atoms with Crippen LogP contribution in [-0.2, 0) is 6.42 Å². The van der Waals surface area contributed by atoms with Gasteiger partial charge in [0.25, 0.3) is 0 Å². The fraction of sp³-hybridized carbons (Fsp3) is 0.750. The number of hydrogen-bond donors (Lipinski definition) is 1. The molecule has 0 radical (unpaired) electrons. The van der Waals surface area contributed by atoms with Crippen molar-refractivity contribution in [2.24, 2.45) is 5.41 Å². The van der Waals surface area contributed by atoms with E-state index >= 15 is 0 Å². The monoisotopic (exact) mass is 251 g/mol. The second-order valence-electron chi connectivity index (χ2n) is 6.26. The molecule has 0 aliphatic heterocycles. The molecule has 0 fully saturated rings. The first-order valence-corrected chi connectivity index (χ1v) is 7.28.